The molecule has 0 fully saturated rings. The van der Waals surface area contributed by atoms with E-state index in [0.29, 0.717) is 17.9 Å². The van der Waals surface area contributed by atoms with Crippen molar-refractivity contribution < 1.29 is 68.0 Å². The molecule has 3 aliphatic rings. The number of ketones is 1. The molecule has 0 amide bonds. The first-order chi connectivity index (χ1) is 55.1. The first kappa shape index (κ1) is 80.4. The summed E-state index contributed by atoms with van der Waals surface area (Å²) in [4.78, 5) is 30.4. The van der Waals surface area contributed by atoms with Gasteiger partial charge in [0.2, 0.25) is 5.52 Å². The quantitative estimate of drug-likeness (QED) is 0.0358. The van der Waals surface area contributed by atoms with E-state index in [-0.39, 0.29) is 57.3 Å². The smallest absolute Gasteiger partial charge is 0.257 e. The van der Waals surface area contributed by atoms with Crippen LogP contribution in [0.2, 0.25) is 0 Å². The van der Waals surface area contributed by atoms with E-state index in [4.69, 9.17) is 19.6 Å². The fourth-order valence-electron chi connectivity index (χ4n) is 14.8. The number of para-hydroxylation sites is 3. The molecule has 12 nitrogen and oxygen atoms in total. The number of furan rings is 1. The summed E-state index contributed by atoms with van der Waals surface area (Å²) in [6.07, 6.45) is 10.5. The average molecular weight is 1870 g/mol. The Hall–Kier alpha value is -12.7. The number of aromatic nitrogens is 5. The molecule has 17 aromatic rings. The van der Waals surface area contributed by atoms with Gasteiger partial charge in [-0.2, -0.15) is 5.70 Å². The molecular formula is C99H81F2Ir2N9O3-2. The summed E-state index contributed by atoms with van der Waals surface area (Å²) in [6.45, 7) is 12.1. The van der Waals surface area contributed by atoms with E-state index in [1.807, 2.05) is 153 Å². The minimum absolute atomic E-state index is 0. The van der Waals surface area contributed by atoms with Crippen LogP contribution in [0.4, 0.5) is 25.8 Å². The number of hydrogen-bond donors (Lipinski definition) is 1. The summed E-state index contributed by atoms with van der Waals surface area (Å²) in [5.41, 5.74) is 20.7. The van der Waals surface area contributed by atoms with Gasteiger partial charge in [-0.15, -0.1) is 58.4 Å². The molecule has 2 radical (unpaired) electrons. The second kappa shape index (κ2) is 36.4. The Labute approximate surface area is 694 Å². The molecule has 0 bridgehead atoms. The van der Waals surface area contributed by atoms with Gasteiger partial charge in [0.25, 0.3) is 5.52 Å². The largest absolute Gasteiger partial charge is 0.661 e. The van der Waals surface area contributed by atoms with Gasteiger partial charge >= 0.3 is 0 Å². The molecule has 16 heteroatoms. The maximum absolute atomic E-state index is 13.8. The van der Waals surface area contributed by atoms with Gasteiger partial charge in [0.1, 0.15) is 24.3 Å². The van der Waals surface area contributed by atoms with Crippen molar-refractivity contribution >= 4 is 105 Å². The second-order valence-corrected chi connectivity index (χ2v) is 28.2. The van der Waals surface area contributed by atoms with Crippen LogP contribution in [0.1, 0.15) is 58.7 Å². The van der Waals surface area contributed by atoms with Crippen molar-refractivity contribution in [1.29, 1.82) is 0 Å². The minimum Gasteiger partial charge on any atom is -0.661 e. The zero-order valence-electron chi connectivity index (χ0n) is 64.4. The number of pyridine rings is 2. The molecule has 3 aliphatic heterocycles. The predicted molar refractivity (Wildman–Crippen MR) is 457 cm³/mol. The number of carbonyl (C=O) groups excluding carboxylic acids is 1. The van der Waals surface area contributed by atoms with Crippen LogP contribution in [0.15, 0.2) is 343 Å². The number of nitrogens with zero attached hydrogens (tertiary/aromatic N) is 9. The van der Waals surface area contributed by atoms with Crippen molar-refractivity contribution in [1.82, 2.24) is 24.8 Å². The van der Waals surface area contributed by atoms with E-state index < -0.39 is 11.6 Å². The maximum Gasteiger partial charge on any atom is 0.257 e. The molecule has 7 heterocycles. The SMILES string of the molecule is CC(=CC(C)=Nc1ccccc1)[N-]c1ccccc1.CC(=O)C=C(C)O.CC(C)n1nc2c3ccccc3c3cccc4c3c2[n+]1C4.CN1C=CN2c3c(ccc4c3oc3ccccc34)CC12.Fc1c[c-]c(-c2nccc3ccccc23)c(F)c1.[Ir].[Ir].[c-]1ccccc1-c1cc(-c2ccccc2)c2cc(-c3ccccc3)ccc2n1. The van der Waals surface area contributed by atoms with Gasteiger partial charge < -0.3 is 29.6 Å². The molecule has 4 aromatic heterocycles. The van der Waals surface area contributed by atoms with Gasteiger partial charge in [0, 0.05) is 133 Å². The molecule has 13 aromatic carbocycles. The number of aliphatic imine (C=N–C) groups is 1. The predicted octanol–water partition coefficient (Wildman–Crippen LogP) is 24.7. The van der Waals surface area contributed by atoms with Gasteiger partial charge in [-0.05, 0) is 143 Å². The van der Waals surface area contributed by atoms with E-state index in [2.05, 4.69) is 226 Å². The molecule has 1 atom stereocenters. The second-order valence-electron chi connectivity index (χ2n) is 28.2. The number of benzene rings is 13. The number of likely N-dealkylation sites (N-methyl/N-ethyl adjacent to an activating group) is 1. The monoisotopic (exact) mass is 1870 g/mol. The zero-order chi connectivity index (χ0) is 78.1. The summed E-state index contributed by atoms with van der Waals surface area (Å²) in [6, 6.07) is 103. The Balaban J connectivity index is 0.000000123. The van der Waals surface area contributed by atoms with Gasteiger partial charge in [0.15, 0.2) is 11.4 Å². The van der Waals surface area contributed by atoms with Crippen molar-refractivity contribution in [3.8, 4) is 44.8 Å². The van der Waals surface area contributed by atoms with Crippen LogP contribution in [-0.2, 0) is 58.0 Å². The Morgan fingerprint density at radius 2 is 1.29 bits per heavy atom. The van der Waals surface area contributed by atoms with Crippen molar-refractivity contribution in [2.75, 3.05) is 11.9 Å². The fourth-order valence-corrected chi connectivity index (χ4v) is 14.8. The van der Waals surface area contributed by atoms with E-state index in [1.165, 1.54) is 96.8 Å². The maximum atomic E-state index is 13.8. The molecule has 0 saturated carbocycles. The summed E-state index contributed by atoms with van der Waals surface area (Å²) in [7, 11) is 2.13. The Kier molecular flexibility index (Phi) is 25.5. The van der Waals surface area contributed by atoms with Crippen LogP contribution in [0, 0.1) is 23.8 Å². The molecule has 0 aliphatic carbocycles. The Morgan fingerprint density at radius 3 is 1.98 bits per heavy atom. The van der Waals surface area contributed by atoms with Gasteiger partial charge in [-0.25, -0.2) is 0 Å². The average Bonchev–Trinajstić information content (AvgIpc) is 1.55. The number of rotatable bonds is 10. The van der Waals surface area contributed by atoms with Gasteiger partial charge in [-0.1, -0.05) is 237 Å². The van der Waals surface area contributed by atoms with Crippen molar-refractivity contribution in [2.45, 2.75) is 66.7 Å². The van der Waals surface area contributed by atoms with Crippen LogP contribution < -0.4 is 9.58 Å². The van der Waals surface area contributed by atoms with E-state index in [9.17, 15) is 13.6 Å². The zero-order valence-corrected chi connectivity index (χ0v) is 69.2. The molecule has 115 heavy (non-hydrogen) atoms. The van der Waals surface area contributed by atoms with Crippen LogP contribution in [0.3, 0.4) is 0 Å². The summed E-state index contributed by atoms with van der Waals surface area (Å²) < 4.78 is 35.1. The van der Waals surface area contributed by atoms with Gasteiger partial charge in [0.05, 0.1) is 22.7 Å². The number of aliphatic hydroxyl groups excluding tert-OH is 1. The fraction of sp³-hybridized carbons (Fsp3) is 0.111. The van der Waals surface area contributed by atoms with E-state index >= 15 is 0 Å². The number of halogens is 2. The molecule has 20 rings (SSSR count). The number of anilines is 1. The topological polar surface area (TPSA) is 131 Å². The van der Waals surface area contributed by atoms with E-state index in [0.717, 1.165) is 97.5 Å². The number of carbonyl (C=O) groups is 1. The molecule has 0 spiro atoms. The van der Waals surface area contributed by atoms with Crippen molar-refractivity contribution in [2.24, 2.45) is 4.99 Å². The number of hydrogen-bond acceptors (Lipinski definition) is 9. The minimum atomic E-state index is -0.654. The number of aliphatic hydroxyl groups is 1. The van der Waals surface area contributed by atoms with Crippen molar-refractivity contribution in [3.63, 3.8) is 0 Å². The third-order valence-corrected chi connectivity index (χ3v) is 19.8. The van der Waals surface area contributed by atoms with Crippen molar-refractivity contribution in [3.05, 3.63) is 374 Å². The molecular weight excluding hydrogens is 1790 g/mol. The molecule has 574 valence electrons. The van der Waals surface area contributed by atoms with E-state index in [1.54, 1.807) is 6.20 Å². The number of allylic oxidation sites excluding steroid dienone is 4. The van der Waals surface area contributed by atoms with Gasteiger partial charge in [-0.3, -0.25) is 23.6 Å². The molecule has 1 unspecified atom stereocenters. The summed E-state index contributed by atoms with van der Waals surface area (Å²) >= 11 is 0. The van der Waals surface area contributed by atoms with Crippen LogP contribution >= 0.6 is 0 Å². The summed E-state index contributed by atoms with van der Waals surface area (Å²) in [5, 5.41) is 28.5. The first-order valence-corrected chi connectivity index (χ1v) is 37.6. The molecule has 1 N–H and O–H groups in total. The third-order valence-electron chi connectivity index (χ3n) is 19.8. The third kappa shape index (κ3) is 17.9. The summed E-state index contributed by atoms with van der Waals surface area (Å²) in [5.74, 6) is -1.36. The Bertz CT molecular complexity index is 6470. The first-order valence-electron chi connectivity index (χ1n) is 37.6. The van der Waals surface area contributed by atoms with Crippen LogP contribution in [0.5, 0.6) is 0 Å². The van der Waals surface area contributed by atoms with Crippen LogP contribution in [0.25, 0.3) is 126 Å². The van der Waals surface area contributed by atoms with Crippen LogP contribution in [-0.4, -0.2) is 54.6 Å². The number of fused-ring (bicyclic) bond motifs is 12. The normalized spacial score (nSPS) is 13.0. The molecule has 0 saturated heterocycles. The standard InChI is InChI=1S/C27H18N.C18H16N3.C17H14N2O.C17H17N2.C15H8F2N.C5H8O2.2Ir/c1-4-10-20(11-5-1)23-16-17-26-25(18-23)24(21-12-6-2-7-13-21)19-27(28-26)22-14-8-3-9-15-22;1-11(2)21-19-17-15-8-4-3-7-13(15)14-9-5-6-12-10-20(21)18(17)16(12)14;1-18-8-9-19-15(18)10-11-6-7-13-12-4-2-3-5-14(12)20-17(13)16(11)19;1-14(18-16-9-5-3-6-10-16)13-15(2)19-17-11-7-4-8-12-17;16-11-5-6-13(14(17)9-11)15-12-4-2-1-3-10(12)7-8-18-15;1-4(6)3-5(2)7;;/h1-14,16-19H;3-9,11H,10H2,1-2H3;2-9,15H,10H2,1H3;3-13H,1-2H3;1-5,7-9H;3,6H,1-2H3;;/q-1;+1;;2*-1;;;. The Morgan fingerprint density at radius 1 is 0.626 bits per heavy atom.